The molecular formula is C17H24N2O3S. The molecule has 2 aliphatic heterocycles. The summed E-state index contributed by atoms with van der Waals surface area (Å²) >= 11 is 0. The van der Waals surface area contributed by atoms with Gasteiger partial charge in [0.25, 0.3) is 0 Å². The van der Waals surface area contributed by atoms with E-state index in [0.717, 1.165) is 18.8 Å². The van der Waals surface area contributed by atoms with Crippen molar-refractivity contribution in [3.63, 3.8) is 0 Å². The highest BCUT2D eigenvalue weighted by atomic mass is 32.2. The molecule has 0 spiro atoms. The van der Waals surface area contributed by atoms with E-state index in [1.54, 1.807) is 0 Å². The van der Waals surface area contributed by atoms with E-state index >= 15 is 0 Å². The van der Waals surface area contributed by atoms with Crippen LogP contribution in [-0.4, -0.2) is 56.9 Å². The fraction of sp³-hybridized carbons (Fsp3) is 0.588. The van der Waals surface area contributed by atoms with E-state index in [1.165, 1.54) is 0 Å². The molecule has 126 valence electrons. The number of carbonyl (C=O) groups is 1. The monoisotopic (exact) mass is 336 g/mol. The Bertz CT molecular complexity index is 646. The summed E-state index contributed by atoms with van der Waals surface area (Å²) in [5.41, 5.74) is 0.964. The average Bonchev–Trinajstić information content (AvgIpc) is 2.88. The van der Waals surface area contributed by atoms with Gasteiger partial charge >= 0.3 is 0 Å². The molecule has 2 heterocycles. The van der Waals surface area contributed by atoms with Gasteiger partial charge < -0.3 is 9.80 Å². The number of amides is 1. The first-order chi connectivity index (χ1) is 10.9. The topological polar surface area (TPSA) is 57.7 Å². The van der Waals surface area contributed by atoms with Crippen molar-refractivity contribution in [1.29, 1.82) is 0 Å². The fourth-order valence-electron chi connectivity index (χ4n) is 3.64. The van der Waals surface area contributed by atoms with E-state index in [9.17, 15) is 13.2 Å². The molecule has 1 aromatic rings. The Morgan fingerprint density at radius 1 is 1.17 bits per heavy atom. The highest BCUT2D eigenvalue weighted by Gasteiger charge is 2.33. The normalized spacial score (nSPS) is 25.2. The van der Waals surface area contributed by atoms with Crippen LogP contribution >= 0.6 is 0 Å². The lowest BCUT2D eigenvalue weighted by Gasteiger charge is -2.32. The summed E-state index contributed by atoms with van der Waals surface area (Å²) in [4.78, 5) is 16.4. The van der Waals surface area contributed by atoms with Gasteiger partial charge in [-0.3, -0.25) is 4.79 Å². The molecule has 2 saturated heterocycles. The van der Waals surface area contributed by atoms with Crippen LogP contribution in [0.5, 0.6) is 0 Å². The van der Waals surface area contributed by atoms with E-state index in [-0.39, 0.29) is 5.91 Å². The minimum absolute atomic E-state index is 0.181. The maximum atomic E-state index is 12.3. The molecule has 2 aliphatic rings. The summed E-state index contributed by atoms with van der Waals surface area (Å²) < 4.78 is 23.1. The van der Waals surface area contributed by atoms with E-state index in [4.69, 9.17) is 0 Å². The van der Waals surface area contributed by atoms with Crippen LogP contribution in [0.1, 0.15) is 19.3 Å². The molecule has 0 unspecified atom stereocenters. The lowest BCUT2D eigenvalue weighted by Crippen LogP contribution is -2.41. The molecule has 0 radical (unpaired) electrons. The minimum Gasteiger partial charge on any atom is -0.312 e. The highest BCUT2D eigenvalue weighted by molar-refractivity contribution is 7.91. The Labute approximate surface area is 138 Å². The number of hydrogen-bond donors (Lipinski definition) is 0. The summed E-state index contributed by atoms with van der Waals surface area (Å²) in [6.45, 7) is 1.60. The average molecular weight is 336 g/mol. The van der Waals surface area contributed by atoms with Crippen LogP contribution in [0, 0.1) is 5.92 Å². The Kier molecular flexibility index (Phi) is 4.73. The number of hydrogen-bond acceptors (Lipinski definition) is 4. The second-order valence-electron chi connectivity index (χ2n) is 6.73. The van der Waals surface area contributed by atoms with E-state index in [0.29, 0.717) is 42.7 Å². The van der Waals surface area contributed by atoms with Crippen molar-refractivity contribution < 1.29 is 13.2 Å². The predicted octanol–water partition coefficient (Wildman–Crippen LogP) is 1.55. The first-order valence-electron chi connectivity index (χ1n) is 8.21. The van der Waals surface area contributed by atoms with Gasteiger partial charge in [-0.25, -0.2) is 8.42 Å². The highest BCUT2D eigenvalue weighted by Crippen LogP contribution is 2.26. The van der Waals surface area contributed by atoms with Crippen molar-refractivity contribution in [2.75, 3.05) is 36.5 Å². The summed E-state index contributed by atoms with van der Waals surface area (Å²) in [5, 5.41) is 0. The van der Waals surface area contributed by atoms with E-state index < -0.39 is 9.84 Å². The van der Waals surface area contributed by atoms with Crippen LogP contribution in [0.4, 0.5) is 5.69 Å². The first kappa shape index (κ1) is 16.5. The summed E-state index contributed by atoms with van der Waals surface area (Å²) in [7, 11) is -0.765. The summed E-state index contributed by atoms with van der Waals surface area (Å²) in [6.07, 6.45) is 1.99. The third kappa shape index (κ3) is 3.93. The van der Waals surface area contributed by atoms with E-state index in [2.05, 4.69) is 11.9 Å². The number of rotatable bonds is 4. The SMILES string of the molecule is CN(C[C@@H]1CC(=O)N(c2ccccc2)C1)C1CCS(=O)(=O)CC1. The molecule has 0 bridgehead atoms. The van der Waals surface area contributed by atoms with Crippen molar-refractivity contribution >= 4 is 21.4 Å². The van der Waals surface area contributed by atoms with Crippen LogP contribution in [0.3, 0.4) is 0 Å². The molecule has 0 aromatic heterocycles. The lowest BCUT2D eigenvalue weighted by atomic mass is 10.1. The van der Waals surface area contributed by atoms with Gasteiger partial charge in [-0.05, 0) is 37.9 Å². The number of carbonyl (C=O) groups excluding carboxylic acids is 1. The van der Waals surface area contributed by atoms with Gasteiger partial charge in [-0.15, -0.1) is 0 Å². The van der Waals surface area contributed by atoms with Crippen LogP contribution in [0.25, 0.3) is 0 Å². The Balaban J connectivity index is 1.56. The van der Waals surface area contributed by atoms with Gasteiger partial charge in [-0.2, -0.15) is 0 Å². The third-order valence-corrected chi connectivity index (χ3v) is 6.68. The zero-order chi connectivity index (χ0) is 16.4. The summed E-state index contributed by atoms with van der Waals surface area (Å²) in [6, 6.07) is 10.1. The smallest absolute Gasteiger partial charge is 0.227 e. The van der Waals surface area contributed by atoms with Gasteiger partial charge in [0.15, 0.2) is 0 Å². The molecule has 0 aliphatic carbocycles. The van der Waals surface area contributed by atoms with Crippen molar-refractivity contribution in [1.82, 2.24) is 4.90 Å². The zero-order valence-electron chi connectivity index (χ0n) is 13.5. The summed E-state index contributed by atoms with van der Waals surface area (Å²) in [5.74, 6) is 1.08. The molecule has 0 saturated carbocycles. The first-order valence-corrected chi connectivity index (χ1v) is 10.0. The van der Waals surface area contributed by atoms with Crippen LogP contribution in [0.15, 0.2) is 30.3 Å². The minimum atomic E-state index is -2.82. The molecule has 23 heavy (non-hydrogen) atoms. The standard InChI is InChI=1S/C17H24N2O3S/c1-18(15-7-9-23(21,22)10-8-15)12-14-11-17(20)19(13-14)16-5-3-2-4-6-16/h2-6,14-15H,7-13H2,1H3/t14-/m0/s1. The molecule has 3 rings (SSSR count). The molecule has 2 fully saturated rings. The lowest BCUT2D eigenvalue weighted by molar-refractivity contribution is -0.117. The van der Waals surface area contributed by atoms with Crippen LogP contribution in [0.2, 0.25) is 0 Å². The molecule has 6 heteroatoms. The number of para-hydroxylation sites is 1. The Morgan fingerprint density at radius 3 is 2.48 bits per heavy atom. The molecular weight excluding hydrogens is 312 g/mol. The number of nitrogens with zero attached hydrogens (tertiary/aromatic N) is 2. The van der Waals surface area contributed by atoms with Crippen molar-refractivity contribution in [3.8, 4) is 0 Å². The van der Waals surface area contributed by atoms with Gasteiger partial charge in [0.2, 0.25) is 5.91 Å². The van der Waals surface area contributed by atoms with Crippen molar-refractivity contribution in [2.45, 2.75) is 25.3 Å². The number of benzene rings is 1. The van der Waals surface area contributed by atoms with Crippen LogP contribution < -0.4 is 4.90 Å². The quantitative estimate of drug-likeness (QED) is 0.837. The second-order valence-corrected chi connectivity index (χ2v) is 9.04. The Morgan fingerprint density at radius 2 is 1.83 bits per heavy atom. The van der Waals surface area contributed by atoms with Gasteiger partial charge in [-0.1, -0.05) is 18.2 Å². The van der Waals surface area contributed by atoms with Gasteiger partial charge in [0, 0.05) is 31.2 Å². The van der Waals surface area contributed by atoms with Crippen molar-refractivity contribution in [2.24, 2.45) is 5.92 Å². The number of anilines is 1. The molecule has 1 aromatic carbocycles. The molecule has 0 N–H and O–H groups in total. The maximum Gasteiger partial charge on any atom is 0.227 e. The second kappa shape index (κ2) is 6.61. The molecule has 5 nitrogen and oxygen atoms in total. The van der Waals surface area contributed by atoms with E-state index in [1.807, 2.05) is 35.2 Å². The van der Waals surface area contributed by atoms with Crippen molar-refractivity contribution in [3.05, 3.63) is 30.3 Å². The fourth-order valence-corrected chi connectivity index (χ4v) is 5.10. The number of sulfone groups is 1. The Hall–Kier alpha value is -1.40. The predicted molar refractivity (Wildman–Crippen MR) is 91.2 cm³/mol. The van der Waals surface area contributed by atoms with Crippen LogP contribution in [-0.2, 0) is 14.6 Å². The molecule has 1 atom stereocenters. The zero-order valence-corrected chi connectivity index (χ0v) is 14.3. The maximum absolute atomic E-state index is 12.3. The third-order valence-electron chi connectivity index (χ3n) is 4.97. The van der Waals surface area contributed by atoms with Gasteiger partial charge in [0.05, 0.1) is 11.5 Å². The largest absolute Gasteiger partial charge is 0.312 e. The molecule has 1 amide bonds. The van der Waals surface area contributed by atoms with Gasteiger partial charge in [0.1, 0.15) is 9.84 Å².